The predicted octanol–water partition coefficient (Wildman–Crippen LogP) is 4.68. The average Bonchev–Trinajstić information content (AvgIpc) is 3.39. The Balaban J connectivity index is 1.33. The maximum atomic E-state index is 11.0. The number of aromatic carboxylic acids is 1. The van der Waals surface area contributed by atoms with E-state index in [0.29, 0.717) is 17.6 Å². The van der Waals surface area contributed by atoms with Crippen LogP contribution >= 0.6 is 11.3 Å². The van der Waals surface area contributed by atoms with Gasteiger partial charge in [0, 0.05) is 30.6 Å². The second kappa shape index (κ2) is 9.96. The number of aryl methyl sites for hydroxylation is 1. The maximum absolute atomic E-state index is 11.0. The summed E-state index contributed by atoms with van der Waals surface area (Å²) in [5.74, 6) is 0.0937. The van der Waals surface area contributed by atoms with E-state index in [0.717, 1.165) is 61.5 Å². The highest BCUT2D eigenvalue weighted by Crippen LogP contribution is 2.40. The number of hydrogen-bond acceptors (Lipinski definition) is 5. The number of nitrogens with one attached hydrogen (secondary N) is 1. The van der Waals surface area contributed by atoms with Crippen LogP contribution in [0.3, 0.4) is 0 Å². The van der Waals surface area contributed by atoms with Crippen molar-refractivity contribution < 1.29 is 9.90 Å². The van der Waals surface area contributed by atoms with Gasteiger partial charge in [0.25, 0.3) is 0 Å². The van der Waals surface area contributed by atoms with Crippen LogP contribution in [-0.2, 0) is 19.4 Å². The van der Waals surface area contributed by atoms with E-state index in [9.17, 15) is 4.79 Å². The molecule has 0 amide bonds. The highest BCUT2D eigenvalue weighted by molar-refractivity contribution is 7.16. The van der Waals surface area contributed by atoms with Crippen LogP contribution in [0.4, 0.5) is 5.00 Å². The van der Waals surface area contributed by atoms with Gasteiger partial charge in [-0.15, -0.1) is 11.3 Å². The van der Waals surface area contributed by atoms with Crippen molar-refractivity contribution >= 4 is 34.9 Å². The first-order chi connectivity index (χ1) is 15.5. The summed E-state index contributed by atoms with van der Waals surface area (Å²) < 4.78 is 0. The van der Waals surface area contributed by atoms with E-state index in [2.05, 4.69) is 34.0 Å². The second-order valence-electron chi connectivity index (χ2n) is 8.83. The van der Waals surface area contributed by atoms with Gasteiger partial charge in [-0.25, -0.2) is 4.79 Å². The van der Waals surface area contributed by atoms with Crippen molar-refractivity contribution in [3.05, 3.63) is 51.4 Å². The Labute approximate surface area is 194 Å². The summed E-state index contributed by atoms with van der Waals surface area (Å²) in [5, 5.41) is 13.8. The first kappa shape index (κ1) is 22.7. The van der Waals surface area contributed by atoms with Crippen LogP contribution in [0.2, 0.25) is 0 Å². The first-order valence-corrected chi connectivity index (χ1v) is 12.2. The van der Waals surface area contributed by atoms with Gasteiger partial charge in [-0.05, 0) is 82.0 Å². The number of carboxylic acids is 1. The molecule has 1 saturated carbocycles. The molecule has 0 saturated heterocycles. The monoisotopic (exact) mass is 452 g/mol. The molecule has 1 heterocycles. The minimum absolute atomic E-state index is 0.336. The third kappa shape index (κ3) is 4.79. The highest BCUT2D eigenvalue weighted by Gasteiger charge is 2.28. The molecule has 4 rings (SSSR count). The maximum Gasteiger partial charge on any atom is 0.335 e. The van der Waals surface area contributed by atoms with E-state index in [1.54, 1.807) is 23.5 Å². The molecule has 0 unspecified atom stereocenters. The van der Waals surface area contributed by atoms with Gasteiger partial charge in [0.2, 0.25) is 0 Å². The third-order valence-electron chi connectivity index (χ3n) is 6.80. The summed E-state index contributed by atoms with van der Waals surface area (Å²) in [5.41, 5.74) is 4.09. The van der Waals surface area contributed by atoms with Gasteiger partial charge in [-0.3, -0.25) is 14.9 Å². The number of amidine groups is 1. The van der Waals surface area contributed by atoms with E-state index >= 15 is 0 Å². The summed E-state index contributed by atoms with van der Waals surface area (Å²) in [6.45, 7) is 4.62. The van der Waals surface area contributed by atoms with Gasteiger partial charge in [-0.2, -0.15) is 0 Å². The molecule has 0 radical (unpaired) electrons. The fourth-order valence-corrected chi connectivity index (χ4v) is 6.21. The van der Waals surface area contributed by atoms with Crippen LogP contribution in [0.25, 0.3) is 0 Å². The molecule has 2 N–H and O–H groups in total. The lowest BCUT2D eigenvalue weighted by atomic mass is 9.89. The van der Waals surface area contributed by atoms with E-state index in [1.165, 1.54) is 22.4 Å². The zero-order valence-corrected chi connectivity index (χ0v) is 19.7. The van der Waals surface area contributed by atoms with Crippen molar-refractivity contribution in [2.75, 3.05) is 14.1 Å². The fourth-order valence-electron chi connectivity index (χ4n) is 5.02. The van der Waals surface area contributed by atoms with Gasteiger partial charge >= 0.3 is 5.97 Å². The molecule has 2 aromatic rings. The molecule has 0 bridgehead atoms. The Hall–Kier alpha value is -2.51. The summed E-state index contributed by atoms with van der Waals surface area (Å²) in [7, 11) is 4.03. The lowest BCUT2D eigenvalue weighted by Crippen LogP contribution is -2.43. The van der Waals surface area contributed by atoms with E-state index < -0.39 is 5.97 Å². The third-order valence-corrected chi connectivity index (χ3v) is 8.02. The number of nitrogens with zero attached hydrogens (tertiary/aromatic N) is 3. The highest BCUT2D eigenvalue weighted by atomic mass is 32.1. The molecule has 1 aromatic carbocycles. The number of carbonyl (C=O) groups is 1. The summed E-state index contributed by atoms with van der Waals surface area (Å²) in [6.07, 6.45) is 7.96. The quantitative estimate of drug-likeness (QED) is 0.472. The van der Waals surface area contributed by atoms with Gasteiger partial charge in [0.15, 0.2) is 0 Å². The molecular weight excluding hydrogens is 420 g/mol. The first-order valence-electron chi connectivity index (χ1n) is 11.4. The number of rotatable bonds is 7. The van der Waals surface area contributed by atoms with Crippen molar-refractivity contribution in [3.8, 4) is 0 Å². The number of aliphatic imine (C=N–C) groups is 2. The minimum Gasteiger partial charge on any atom is -0.478 e. The van der Waals surface area contributed by atoms with Gasteiger partial charge in [-0.1, -0.05) is 12.1 Å². The zero-order chi connectivity index (χ0) is 22.7. The second-order valence-corrected chi connectivity index (χ2v) is 9.92. The van der Waals surface area contributed by atoms with Crippen molar-refractivity contribution in [3.63, 3.8) is 0 Å². The fraction of sp³-hybridized carbons (Fsp3) is 0.480. The molecule has 0 spiro atoms. The lowest BCUT2D eigenvalue weighted by molar-refractivity contribution is 0.0697. The summed E-state index contributed by atoms with van der Waals surface area (Å²) in [6, 6.07) is 8.16. The van der Waals surface area contributed by atoms with E-state index in [4.69, 9.17) is 5.11 Å². The van der Waals surface area contributed by atoms with Gasteiger partial charge in [0.05, 0.1) is 11.1 Å². The normalized spacial score (nSPS) is 20.9. The molecule has 2 aliphatic rings. The van der Waals surface area contributed by atoms with E-state index in [1.807, 2.05) is 19.2 Å². The van der Waals surface area contributed by atoms with Crippen LogP contribution in [0.1, 0.15) is 64.0 Å². The Bertz CT molecular complexity index is 1000. The number of hydrogen-bond donors (Lipinski definition) is 2. The molecule has 170 valence electrons. The Morgan fingerprint density at radius 1 is 1.22 bits per heavy atom. The molecule has 1 fully saturated rings. The van der Waals surface area contributed by atoms with Crippen molar-refractivity contribution in [2.24, 2.45) is 9.98 Å². The summed E-state index contributed by atoms with van der Waals surface area (Å²) in [4.78, 5) is 23.8. The average molecular weight is 453 g/mol. The largest absolute Gasteiger partial charge is 0.478 e. The lowest BCUT2D eigenvalue weighted by Gasteiger charge is -2.35. The molecule has 32 heavy (non-hydrogen) atoms. The van der Waals surface area contributed by atoms with Crippen LogP contribution in [-0.4, -0.2) is 54.7 Å². The van der Waals surface area contributed by atoms with Gasteiger partial charge < -0.3 is 10.4 Å². The molecule has 0 atom stereocenters. The van der Waals surface area contributed by atoms with Crippen molar-refractivity contribution in [1.82, 2.24) is 10.2 Å². The molecular formula is C25H32N4O2S. The molecule has 6 nitrogen and oxygen atoms in total. The van der Waals surface area contributed by atoms with Gasteiger partial charge in [0.1, 0.15) is 10.8 Å². The minimum atomic E-state index is -0.880. The number of thiophene rings is 1. The van der Waals surface area contributed by atoms with Crippen LogP contribution in [0.5, 0.6) is 0 Å². The van der Waals surface area contributed by atoms with Crippen molar-refractivity contribution in [1.29, 1.82) is 0 Å². The topological polar surface area (TPSA) is 77.3 Å². The smallest absolute Gasteiger partial charge is 0.335 e. The molecule has 1 aromatic heterocycles. The Morgan fingerprint density at radius 3 is 2.56 bits per heavy atom. The SMILES string of the molecule is C=Nc1sc2c(c1/C(=N\C)N[C@H]1CC[C@H](N(C)Cc3ccc(C(=O)O)cc3)CC1)CCC2. The van der Waals surface area contributed by atoms with Crippen LogP contribution < -0.4 is 5.32 Å². The standard InChI is InChI=1S/C25H32N4O2S/c1-26-23(22-20-5-4-6-21(20)32-24(22)27-2)28-18-11-13-19(14-12-18)29(3)15-16-7-9-17(10-8-16)25(30)31/h7-10,18-19H,2,4-6,11-15H2,1,3H3,(H,26,28)(H,30,31)/t18-,19-. The number of carboxylic acid groups (broad SMARTS) is 1. The summed E-state index contributed by atoms with van der Waals surface area (Å²) >= 11 is 1.77. The number of fused-ring (bicyclic) bond motifs is 1. The Kier molecular flexibility index (Phi) is 7.06. The molecule has 0 aliphatic heterocycles. The van der Waals surface area contributed by atoms with Crippen molar-refractivity contribution in [2.45, 2.75) is 63.6 Å². The van der Waals surface area contributed by atoms with Crippen LogP contribution in [0.15, 0.2) is 34.3 Å². The Morgan fingerprint density at radius 2 is 1.94 bits per heavy atom. The van der Waals surface area contributed by atoms with Crippen LogP contribution in [0, 0.1) is 0 Å². The number of benzene rings is 1. The zero-order valence-electron chi connectivity index (χ0n) is 18.9. The molecule has 2 aliphatic carbocycles. The molecule has 7 heteroatoms. The van der Waals surface area contributed by atoms with E-state index in [-0.39, 0.29) is 0 Å². The predicted molar refractivity (Wildman–Crippen MR) is 132 cm³/mol.